The van der Waals surface area contributed by atoms with Crippen molar-refractivity contribution in [2.24, 2.45) is 0 Å². The van der Waals surface area contributed by atoms with Gasteiger partial charge in [0.05, 0.1) is 0 Å². The van der Waals surface area contributed by atoms with Crippen LogP contribution >= 0.6 is 0 Å². The maximum absolute atomic E-state index is 10.4. The van der Waals surface area contributed by atoms with Crippen molar-refractivity contribution in [1.82, 2.24) is 5.32 Å². The number of carboxylic acids is 1. The van der Waals surface area contributed by atoms with E-state index in [4.69, 9.17) is 5.11 Å². The molecule has 0 saturated heterocycles. The van der Waals surface area contributed by atoms with Crippen LogP contribution in [0.2, 0.25) is 0 Å². The average Bonchev–Trinajstić information content (AvgIpc) is 2.10. The molecule has 0 radical (unpaired) electrons. The quantitative estimate of drug-likeness (QED) is 0.597. The Morgan fingerprint density at radius 1 is 1.54 bits per heavy atom. The number of allylic oxidation sites excluding steroid dienone is 1. The van der Waals surface area contributed by atoms with Gasteiger partial charge in [0.2, 0.25) is 0 Å². The second kappa shape index (κ2) is 7.65. The van der Waals surface area contributed by atoms with Gasteiger partial charge >= 0.3 is 5.97 Å². The number of unbranched alkanes of at least 4 members (excludes halogenated alkanes) is 3. The molecule has 1 unspecified atom stereocenters. The highest BCUT2D eigenvalue weighted by Gasteiger charge is 2.05. The van der Waals surface area contributed by atoms with Crippen molar-refractivity contribution in [1.29, 1.82) is 0 Å². The fraction of sp³-hybridized carbons (Fsp3) is 0.700. The van der Waals surface area contributed by atoms with Gasteiger partial charge in [-0.3, -0.25) is 4.79 Å². The van der Waals surface area contributed by atoms with Crippen molar-refractivity contribution < 1.29 is 9.90 Å². The zero-order chi connectivity index (χ0) is 10.1. The molecule has 1 atom stereocenters. The molecule has 0 saturated carbocycles. The van der Waals surface area contributed by atoms with E-state index in [-0.39, 0.29) is 0 Å². The summed E-state index contributed by atoms with van der Waals surface area (Å²) in [7, 11) is 0. The van der Waals surface area contributed by atoms with Crippen LogP contribution < -0.4 is 5.32 Å². The molecule has 2 N–H and O–H groups in total. The topological polar surface area (TPSA) is 49.3 Å². The fourth-order valence-electron chi connectivity index (χ4n) is 0.879. The molecular weight excluding hydrogens is 166 g/mol. The van der Waals surface area contributed by atoms with E-state index in [0.29, 0.717) is 0 Å². The van der Waals surface area contributed by atoms with Crippen molar-refractivity contribution in [3.05, 3.63) is 12.3 Å². The third-order valence-corrected chi connectivity index (χ3v) is 1.81. The van der Waals surface area contributed by atoms with Crippen LogP contribution in [-0.2, 0) is 4.79 Å². The number of aliphatic carboxylic acids is 1. The second-order valence-corrected chi connectivity index (χ2v) is 3.12. The van der Waals surface area contributed by atoms with Gasteiger partial charge in [-0.2, -0.15) is 0 Å². The van der Waals surface area contributed by atoms with Crippen LogP contribution in [0.1, 0.15) is 39.5 Å². The van der Waals surface area contributed by atoms with Gasteiger partial charge in [-0.25, -0.2) is 0 Å². The predicted molar refractivity (Wildman–Crippen MR) is 53.5 cm³/mol. The first-order valence-electron chi connectivity index (χ1n) is 4.82. The first-order chi connectivity index (χ1) is 6.18. The molecule has 3 nitrogen and oxygen atoms in total. The zero-order valence-electron chi connectivity index (χ0n) is 8.42. The van der Waals surface area contributed by atoms with Gasteiger partial charge < -0.3 is 10.4 Å². The standard InChI is InChI=1S/C10H19NO2/c1-3-4-5-6-7-8-11-9(2)10(12)13/h7-9,11H,3-6H2,1-2H3,(H,12,13)/b8-7+. The molecule has 0 spiro atoms. The summed E-state index contributed by atoms with van der Waals surface area (Å²) in [5.74, 6) is -0.821. The van der Waals surface area contributed by atoms with Crippen LogP contribution in [0.3, 0.4) is 0 Å². The minimum atomic E-state index is -0.821. The highest BCUT2D eigenvalue weighted by atomic mass is 16.4. The summed E-state index contributed by atoms with van der Waals surface area (Å²) in [4.78, 5) is 10.4. The van der Waals surface area contributed by atoms with E-state index in [2.05, 4.69) is 12.2 Å². The number of hydrogen-bond acceptors (Lipinski definition) is 2. The van der Waals surface area contributed by atoms with Crippen molar-refractivity contribution in [3.8, 4) is 0 Å². The van der Waals surface area contributed by atoms with Gasteiger partial charge in [0, 0.05) is 0 Å². The van der Waals surface area contributed by atoms with Gasteiger partial charge in [0.15, 0.2) is 0 Å². The summed E-state index contributed by atoms with van der Waals surface area (Å²) in [6, 6.07) is -0.498. The molecule has 76 valence electrons. The molecule has 0 aliphatic rings. The van der Waals surface area contributed by atoms with Crippen LogP contribution in [0.5, 0.6) is 0 Å². The van der Waals surface area contributed by atoms with E-state index in [1.165, 1.54) is 19.3 Å². The number of carboxylic acid groups (broad SMARTS) is 1. The van der Waals surface area contributed by atoms with Crippen LogP contribution in [-0.4, -0.2) is 17.1 Å². The first kappa shape index (κ1) is 12.0. The van der Waals surface area contributed by atoms with E-state index in [1.807, 2.05) is 6.08 Å². The number of hydrogen-bond donors (Lipinski definition) is 2. The first-order valence-corrected chi connectivity index (χ1v) is 4.82. The average molecular weight is 185 g/mol. The lowest BCUT2D eigenvalue weighted by molar-refractivity contribution is -0.138. The summed E-state index contributed by atoms with van der Waals surface area (Å²) in [6.07, 6.45) is 8.36. The van der Waals surface area contributed by atoms with E-state index >= 15 is 0 Å². The maximum atomic E-state index is 10.4. The minimum Gasteiger partial charge on any atom is -0.480 e. The Bertz CT molecular complexity index is 166. The molecule has 13 heavy (non-hydrogen) atoms. The highest BCUT2D eigenvalue weighted by molar-refractivity contribution is 5.72. The Kier molecular flexibility index (Phi) is 7.07. The third-order valence-electron chi connectivity index (χ3n) is 1.81. The summed E-state index contributed by atoms with van der Waals surface area (Å²) in [5, 5.41) is 11.3. The summed E-state index contributed by atoms with van der Waals surface area (Å²) in [6.45, 7) is 3.78. The van der Waals surface area contributed by atoms with Crippen molar-refractivity contribution in [3.63, 3.8) is 0 Å². The van der Waals surface area contributed by atoms with E-state index in [9.17, 15) is 4.79 Å². The van der Waals surface area contributed by atoms with Crippen molar-refractivity contribution >= 4 is 5.97 Å². The van der Waals surface area contributed by atoms with E-state index < -0.39 is 12.0 Å². The smallest absolute Gasteiger partial charge is 0.325 e. The molecule has 0 heterocycles. The highest BCUT2D eigenvalue weighted by Crippen LogP contribution is 1.98. The molecule has 0 aliphatic carbocycles. The molecule has 0 aromatic heterocycles. The fourth-order valence-corrected chi connectivity index (χ4v) is 0.879. The third kappa shape index (κ3) is 7.37. The number of carbonyl (C=O) groups is 1. The van der Waals surface area contributed by atoms with Gasteiger partial charge in [0.25, 0.3) is 0 Å². The minimum absolute atomic E-state index is 0.498. The number of nitrogens with one attached hydrogen (secondary N) is 1. The van der Waals surface area contributed by atoms with Gasteiger partial charge in [-0.1, -0.05) is 25.8 Å². The monoisotopic (exact) mass is 185 g/mol. The molecule has 0 aromatic carbocycles. The summed E-state index contributed by atoms with van der Waals surface area (Å²) in [5.41, 5.74) is 0. The molecular formula is C10H19NO2. The van der Waals surface area contributed by atoms with Crippen LogP contribution in [0.15, 0.2) is 12.3 Å². The molecule has 0 aromatic rings. The van der Waals surface area contributed by atoms with Gasteiger partial charge in [-0.15, -0.1) is 0 Å². The Hall–Kier alpha value is -0.990. The van der Waals surface area contributed by atoms with Crippen LogP contribution in [0.25, 0.3) is 0 Å². The van der Waals surface area contributed by atoms with Gasteiger partial charge in [0.1, 0.15) is 6.04 Å². The zero-order valence-corrected chi connectivity index (χ0v) is 8.42. The second-order valence-electron chi connectivity index (χ2n) is 3.12. The van der Waals surface area contributed by atoms with Crippen LogP contribution in [0.4, 0.5) is 0 Å². The molecule has 0 rings (SSSR count). The molecule has 3 heteroatoms. The lowest BCUT2D eigenvalue weighted by Crippen LogP contribution is -2.29. The molecule has 0 bridgehead atoms. The Morgan fingerprint density at radius 3 is 2.77 bits per heavy atom. The molecule has 0 fully saturated rings. The van der Waals surface area contributed by atoms with Gasteiger partial charge in [-0.05, 0) is 26.0 Å². The molecule has 0 aliphatic heterocycles. The Balaban J connectivity index is 3.35. The maximum Gasteiger partial charge on any atom is 0.325 e. The number of rotatable bonds is 7. The van der Waals surface area contributed by atoms with Crippen molar-refractivity contribution in [2.45, 2.75) is 45.6 Å². The normalized spacial score (nSPS) is 13.1. The molecule has 0 amide bonds. The predicted octanol–water partition coefficient (Wildman–Crippen LogP) is 2.14. The largest absolute Gasteiger partial charge is 0.480 e. The lowest BCUT2D eigenvalue weighted by Gasteiger charge is -2.04. The summed E-state index contributed by atoms with van der Waals surface area (Å²) < 4.78 is 0. The van der Waals surface area contributed by atoms with E-state index in [0.717, 1.165) is 6.42 Å². The lowest BCUT2D eigenvalue weighted by atomic mass is 10.2. The van der Waals surface area contributed by atoms with Crippen LogP contribution in [0, 0.1) is 0 Å². The Morgan fingerprint density at radius 2 is 2.23 bits per heavy atom. The SMILES string of the molecule is CCCCC/C=C/NC(C)C(=O)O. The van der Waals surface area contributed by atoms with Crippen molar-refractivity contribution in [2.75, 3.05) is 0 Å². The summed E-state index contributed by atoms with van der Waals surface area (Å²) >= 11 is 0. The van der Waals surface area contributed by atoms with E-state index in [1.54, 1.807) is 13.1 Å². The Labute approximate surface area is 79.8 Å².